The summed E-state index contributed by atoms with van der Waals surface area (Å²) in [5.41, 5.74) is -0.318. The predicted octanol–water partition coefficient (Wildman–Crippen LogP) is 5.07. The summed E-state index contributed by atoms with van der Waals surface area (Å²) in [6.45, 7) is 1.59. The zero-order valence-corrected chi connectivity index (χ0v) is 21.3. The van der Waals surface area contributed by atoms with E-state index in [9.17, 15) is 22.7 Å². The van der Waals surface area contributed by atoms with Crippen LogP contribution in [-0.2, 0) is 24.1 Å². The first-order valence-electron chi connectivity index (χ1n) is 11.2. The Hall–Kier alpha value is -1.88. The molecule has 0 radical (unpaired) electrons. The number of carbonyl (C=O) groups is 1. The van der Waals surface area contributed by atoms with E-state index in [1.54, 1.807) is 6.92 Å². The van der Waals surface area contributed by atoms with Gasteiger partial charge in [0.05, 0.1) is 23.2 Å². The summed E-state index contributed by atoms with van der Waals surface area (Å²) >= 11 is 7.20. The minimum atomic E-state index is -4.27. The molecule has 1 saturated heterocycles. The van der Waals surface area contributed by atoms with Crippen molar-refractivity contribution in [3.63, 3.8) is 0 Å². The maximum atomic E-state index is 15.4. The third kappa shape index (κ3) is 4.54. The van der Waals surface area contributed by atoms with Crippen LogP contribution in [-0.4, -0.2) is 49.8 Å². The van der Waals surface area contributed by atoms with Gasteiger partial charge in [0, 0.05) is 17.5 Å². The standard InChI is InChI=1S/C24H25ClF2O6S2/c1-2-20(23(28)29)34-12-9-19-16-13-33-22-18(27)8-7-17(26)21(22)24(16,10-11-32-19)35(30,31)15-5-3-14(25)4-6-15/h3-8,16,19-20H,2,9-13H2,1H3,(H,28,29)/t16-,19-,20?,24-/m0/s1. The molecule has 0 spiro atoms. The Morgan fingerprint density at radius 3 is 2.57 bits per heavy atom. The first-order chi connectivity index (χ1) is 16.6. The molecule has 2 aromatic carbocycles. The molecule has 190 valence electrons. The van der Waals surface area contributed by atoms with Gasteiger partial charge in [-0.3, -0.25) is 4.79 Å². The zero-order valence-electron chi connectivity index (χ0n) is 18.9. The average molecular weight is 547 g/mol. The minimum Gasteiger partial charge on any atom is -0.490 e. The van der Waals surface area contributed by atoms with Crippen molar-refractivity contribution in [2.24, 2.45) is 5.92 Å². The first-order valence-corrected chi connectivity index (χ1v) is 14.1. The number of benzene rings is 2. The van der Waals surface area contributed by atoms with Gasteiger partial charge in [-0.15, -0.1) is 11.8 Å². The highest BCUT2D eigenvalue weighted by Gasteiger charge is 2.61. The normalized spacial score (nSPS) is 24.7. The maximum absolute atomic E-state index is 15.4. The van der Waals surface area contributed by atoms with E-state index >= 15 is 4.39 Å². The van der Waals surface area contributed by atoms with Crippen LogP contribution in [0, 0.1) is 17.6 Å². The number of carboxylic acids is 1. The molecule has 0 amide bonds. The zero-order chi connectivity index (χ0) is 25.4. The lowest BCUT2D eigenvalue weighted by Gasteiger charge is -2.50. The summed E-state index contributed by atoms with van der Waals surface area (Å²) in [5.74, 6) is -3.47. The van der Waals surface area contributed by atoms with E-state index in [1.807, 2.05) is 0 Å². The van der Waals surface area contributed by atoms with E-state index < -0.39 is 55.2 Å². The minimum absolute atomic E-state index is 0.00415. The molecular weight excluding hydrogens is 522 g/mol. The van der Waals surface area contributed by atoms with Gasteiger partial charge in [0.15, 0.2) is 21.4 Å². The summed E-state index contributed by atoms with van der Waals surface area (Å²) in [5, 5.41) is 9.06. The number of hydrogen-bond acceptors (Lipinski definition) is 6. The molecule has 0 bridgehead atoms. The van der Waals surface area contributed by atoms with E-state index in [2.05, 4.69) is 0 Å². The molecule has 2 heterocycles. The van der Waals surface area contributed by atoms with Crippen molar-refractivity contribution in [2.45, 2.75) is 47.2 Å². The fraction of sp³-hybridized carbons (Fsp3) is 0.458. The van der Waals surface area contributed by atoms with Gasteiger partial charge in [-0.1, -0.05) is 18.5 Å². The third-order valence-corrected chi connectivity index (χ3v) is 10.9. The molecular formula is C24H25ClF2O6S2. The Labute approximate surface area is 211 Å². The molecule has 0 saturated carbocycles. The van der Waals surface area contributed by atoms with E-state index in [0.717, 1.165) is 12.1 Å². The van der Waals surface area contributed by atoms with E-state index in [-0.39, 0.29) is 30.1 Å². The van der Waals surface area contributed by atoms with Gasteiger partial charge in [0.2, 0.25) is 0 Å². The summed E-state index contributed by atoms with van der Waals surface area (Å²) in [6.07, 6.45) is 0.00751. The Morgan fingerprint density at radius 2 is 1.91 bits per heavy atom. The van der Waals surface area contributed by atoms with Gasteiger partial charge in [-0.2, -0.15) is 0 Å². The van der Waals surface area contributed by atoms with Crippen molar-refractivity contribution >= 4 is 39.2 Å². The number of carboxylic acid groups (broad SMARTS) is 1. The fourth-order valence-electron chi connectivity index (χ4n) is 5.02. The van der Waals surface area contributed by atoms with Crippen LogP contribution in [0.2, 0.25) is 5.02 Å². The highest BCUT2D eigenvalue weighted by Crippen LogP contribution is 2.56. The van der Waals surface area contributed by atoms with Gasteiger partial charge < -0.3 is 14.6 Å². The number of hydrogen-bond donors (Lipinski definition) is 1. The Kier molecular flexibility index (Phi) is 7.66. The molecule has 2 aliphatic rings. The second kappa shape index (κ2) is 10.2. The highest BCUT2D eigenvalue weighted by atomic mass is 35.5. The third-order valence-electron chi connectivity index (χ3n) is 6.71. The topological polar surface area (TPSA) is 89.9 Å². The molecule has 6 nitrogen and oxygen atoms in total. The van der Waals surface area contributed by atoms with Crippen molar-refractivity contribution in [3.05, 3.63) is 58.6 Å². The number of thioether (sulfide) groups is 1. The average Bonchev–Trinajstić information content (AvgIpc) is 2.83. The molecule has 2 aliphatic heterocycles. The van der Waals surface area contributed by atoms with Gasteiger partial charge in [-0.05, 0) is 61.4 Å². The van der Waals surface area contributed by atoms with Crippen LogP contribution >= 0.6 is 23.4 Å². The molecule has 4 atom stereocenters. The van der Waals surface area contributed by atoms with Crippen molar-refractivity contribution in [1.82, 2.24) is 0 Å². The molecule has 4 rings (SSSR count). The lowest BCUT2D eigenvalue weighted by Crippen LogP contribution is -2.57. The second-order valence-corrected chi connectivity index (χ2v) is 12.5. The van der Waals surface area contributed by atoms with E-state index in [4.69, 9.17) is 21.1 Å². The number of ether oxygens (including phenoxy) is 2. The van der Waals surface area contributed by atoms with Crippen LogP contribution in [0.5, 0.6) is 5.75 Å². The monoisotopic (exact) mass is 546 g/mol. The van der Waals surface area contributed by atoms with E-state index in [1.165, 1.54) is 36.0 Å². The fourth-order valence-corrected chi connectivity index (χ4v) is 8.53. The largest absolute Gasteiger partial charge is 0.490 e. The van der Waals surface area contributed by atoms with Crippen LogP contribution in [0.25, 0.3) is 0 Å². The number of aliphatic carboxylic acids is 1. The smallest absolute Gasteiger partial charge is 0.316 e. The molecule has 1 N–H and O–H groups in total. The van der Waals surface area contributed by atoms with Crippen molar-refractivity contribution < 1.29 is 36.6 Å². The Bertz CT molecular complexity index is 1210. The molecule has 0 aromatic heterocycles. The lowest BCUT2D eigenvalue weighted by molar-refractivity contribution is -0.136. The SMILES string of the molecule is CCC(SCC[C@@H]1OCC[C@@]2(S(=O)(=O)c3ccc(Cl)cc3)c3c(F)ccc(F)c3OC[C@@H]12)C(=O)O. The van der Waals surface area contributed by atoms with Crippen LogP contribution in [0.4, 0.5) is 8.78 Å². The molecule has 0 aliphatic carbocycles. The number of fused-ring (bicyclic) bond motifs is 3. The Balaban J connectivity index is 1.80. The maximum Gasteiger partial charge on any atom is 0.316 e. The predicted molar refractivity (Wildman–Crippen MR) is 129 cm³/mol. The molecule has 1 fully saturated rings. The van der Waals surface area contributed by atoms with Crippen LogP contribution in [0.1, 0.15) is 31.7 Å². The number of rotatable bonds is 8. The second-order valence-electron chi connectivity index (χ2n) is 8.55. The quantitative estimate of drug-likeness (QED) is 0.494. The summed E-state index contributed by atoms with van der Waals surface area (Å²) in [4.78, 5) is 11.3. The summed E-state index contributed by atoms with van der Waals surface area (Å²) < 4.78 is 68.3. The summed E-state index contributed by atoms with van der Waals surface area (Å²) in [7, 11) is -4.27. The molecule has 2 aromatic rings. The first kappa shape index (κ1) is 26.2. The molecule has 35 heavy (non-hydrogen) atoms. The van der Waals surface area contributed by atoms with Crippen LogP contribution in [0.15, 0.2) is 41.3 Å². The van der Waals surface area contributed by atoms with Gasteiger partial charge in [0.25, 0.3) is 0 Å². The van der Waals surface area contributed by atoms with Gasteiger partial charge in [0.1, 0.15) is 15.8 Å². The van der Waals surface area contributed by atoms with Crippen LogP contribution in [0.3, 0.4) is 0 Å². The van der Waals surface area contributed by atoms with Gasteiger partial charge >= 0.3 is 5.97 Å². The summed E-state index contributed by atoms with van der Waals surface area (Å²) in [6, 6.07) is 7.42. The number of sulfone groups is 1. The molecule has 11 heteroatoms. The van der Waals surface area contributed by atoms with Crippen LogP contribution < -0.4 is 4.74 Å². The molecule has 1 unspecified atom stereocenters. The van der Waals surface area contributed by atoms with Gasteiger partial charge in [-0.25, -0.2) is 17.2 Å². The lowest BCUT2D eigenvalue weighted by atomic mass is 9.75. The van der Waals surface area contributed by atoms with Crippen molar-refractivity contribution in [1.29, 1.82) is 0 Å². The highest BCUT2D eigenvalue weighted by molar-refractivity contribution is 8.00. The number of halogens is 3. The Morgan fingerprint density at radius 1 is 1.23 bits per heavy atom. The van der Waals surface area contributed by atoms with E-state index in [0.29, 0.717) is 23.6 Å². The van der Waals surface area contributed by atoms with Crippen molar-refractivity contribution in [3.8, 4) is 5.75 Å². The van der Waals surface area contributed by atoms with Crippen molar-refractivity contribution in [2.75, 3.05) is 19.0 Å².